The predicted octanol–water partition coefficient (Wildman–Crippen LogP) is 3.75. The minimum absolute atomic E-state index is 0.0175. The number of carbonyl (C=O) groups excluding carboxylic acids is 1. The van der Waals surface area contributed by atoms with Crippen LogP contribution in [0.4, 0.5) is 5.13 Å². The average Bonchev–Trinajstić information content (AvgIpc) is 2.78. The van der Waals surface area contributed by atoms with Gasteiger partial charge in [0, 0.05) is 6.92 Å². The van der Waals surface area contributed by atoms with Crippen LogP contribution in [0.1, 0.15) is 27.9 Å². The SMILES string of the molecule is C=C(Nc1nc(C)c(C(C)=O)s1)OCc1ccccc1. The maximum atomic E-state index is 11.4. The van der Waals surface area contributed by atoms with Crippen LogP contribution in [0.3, 0.4) is 0 Å². The number of nitrogens with one attached hydrogen (secondary N) is 1. The molecule has 0 radical (unpaired) electrons. The molecule has 104 valence electrons. The van der Waals surface area contributed by atoms with Gasteiger partial charge in [-0.1, -0.05) is 41.7 Å². The Morgan fingerprint density at radius 3 is 2.70 bits per heavy atom. The molecule has 0 amide bonds. The van der Waals surface area contributed by atoms with Crippen LogP contribution in [-0.4, -0.2) is 10.8 Å². The number of rotatable bonds is 6. The minimum Gasteiger partial charge on any atom is -0.475 e. The number of aromatic nitrogens is 1. The van der Waals surface area contributed by atoms with Crippen LogP contribution < -0.4 is 5.32 Å². The van der Waals surface area contributed by atoms with Crippen LogP contribution in [-0.2, 0) is 11.3 Å². The van der Waals surface area contributed by atoms with Crippen molar-refractivity contribution in [2.24, 2.45) is 0 Å². The highest BCUT2D eigenvalue weighted by molar-refractivity contribution is 7.17. The number of benzene rings is 1. The smallest absolute Gasteiger partial charge is 0.190 e. The number of ether oxygens (including phenoxy) is 1. The van der Waals surface area contributed by atoms with Gasteiger partial charge >= 0.3 is 0 Å². The molecule has 0 saturated carbocycles. The number of nitrogens with zero attached hydrogens (tertiary/aromatic N) is 1. The van der Waals surface area contributed by atoms with Crippen LogP contribution in [0.2, 0.25) is 0 Å². The lowest BCUT2D eigenvalue weighted by molar-refractivity contribution is 0.102. The normalized spacial score (nSPS) is 10.1. The van der Waals surface area contributed by atoms with Gasteiger partial charge in [0.1, 0.15) is 6.61 Å². The minimum atomic E-state index is 0.0175. The maximum absolute atomic E-state index is 11.4. The Morgan fingerprint density at radius 2 is 2.10 bits per heavy atom. The summed E-state index contributed by atoms with van der Waals surface area (Å²) >= 11 is 1.31. The van der Waals surface area contributed by atoms with E-state index in [0.29, 0.717) is 22.5 Å². The van der Waals surface area contributed by atoms with E-state index in [2.05, 4.69) is 16.9 Å². The van der Waals surface area contributed by atoms with E-state index in [9.17, 15) is 4.79 Å². The van der Waals surface area contributed by atoms with Gasteiger partial charge < -0.3 is 10.1 Å². The molecule has 0 saturated heterocycles. The molecule has 0 atom stereocenters. The number of anilines is 1. The Labute approximate surface area is 122 Å². The van der Waals surface area contributed by atoms with E-state index in [-0.39, 0.29) is 5.78 Å². The first-order chi connectivity index (χ1) is 9.56. The van der Waals surface area contributed by atoms with E-state index in [1.165, 1.54) is 18.3 Å². The molecule has 4 nitrogen and oxygen atoms in total. The number of Topliss-reactive ketones (excluding diaryl/α,β-unsaturated/α-hetero) is 1. The van der Waals surface area contributed by atoms with Crippen LogP contribution in [0, 0.1) is 6.92 Å². The van der Waals surface area contributed by atoms with Gasteiger partial charge in [-0.15, -0.1) is 0 Å². The molecule has 1 aromatic carbocycles. The molecule has 0 unspecified atom stereocenters. The van der Waals surface area contributed by atoms with Crippen molar-refractivity contribution in [1.29, 1.82) is 0 Å². The second-order valence-electron chi connectivity index (χ2n) is 4.31. The lowest BCUT2D eigenvalue weighted by atomic mass is 10.2. The summed E-state index contributed by atoms with van der Waals surface area (Å²) in [6, 6.07) is 9.83. The lowest BCUT2D eigenvalue weighted by Crippen LogP contribution is -2.02. The topological polar surface area (TPSA) is 51.2 Å². The molecule has 1 N–H and O–H groups in total. The average molecular weight is 288 g/mol. The standard InChI is InChI=1S/C15H16N2O2S/c1-10-14(11(2)18)20-15(16-10)17-12(3)19-9-13-7-5-4-6-8-13/h4-8H,3,9H2,1-2H3,(H,16,17). The summed E-state index contributed by atoms with van der Waals surface area (Å²) in [5.41, 5.74) is 1.79. The second-order valence-corrected chi connectivity index (χ2v) is 5.31. The van der Waals surface area contributed by atoms with Gasteiger partial charge in [0.25, 0.3) is 0 Å². The van der Waals surface area contributed by atoms with Crippen LogP contribution in [0.15, 0.2) is 42.8 Å². The fourth-order valence-corrected chi connectivity index (χ4v) is 2.55. The third-order valence-corrected chi connectivity index (χ3v) is 3.79. The monoisotopic (exact) mass is 288 g/mol. The highest BCUT2D eigenvalue weighted by Crippen LogP contribution is 2.24. The van der Waals surface area contributed by atoms with Gasteiger partial charge in [-0.3, -0.25) is 4.79 Å². The highest BCUT2D eigenvalue weighted by Gasteiger charge is 2.11. The Bertz CT molecular complexity index is 620. The largest absolute Gasteiger partial charge is 0.475 e. The fraction of sp³-hybridized carbons (Fsp3) is 0.200. The molecule has 1 aromatic heterocycles. The molecule has 0 fully saturated rings. The Hall–Kier alpha value is -2.14. The number of thiazole rings is 1. The van der Waals surface area contributed by atoms with E-state index in [1.807, 2.05) is 37.3 Å². The van der Waals surface area contributed by atoms with Crippen molar-refractivity contribution in [2.75, 3.05) is 5.32 Å². The molecule has 0 aliphatic carbocycles. The first-order valence-electron chi connectivity index (χ1n) is 6.17. The van der Waals surface area contributed by atoms with Gasteiger partial charge in [-0.2, -0.15) is 0 Å². The molecule has 5 heteroatoms. The van der Waals surface area contributed by atoms with Crippen molar-refractivity contribution in [2.45, 2.75) is 20.5 Å². The van der Waals surface area contributed by atoms with Crippen LogP contribution >= 0.6 is 11.3 Å². The van der Waals surface area contributed by atoms with Gasteiger partial charge in [0.15, 0.2) is 16.8 Å². The van der Waals surface area contributed by atoms with E-state index in [0.717, 1.165) is 11.3 Å². The summed E-state index contributed by atoms with van der Waals surface area (Å²) < 4.78 is 5.52. The highest BCUT2D eigenvalue weighted by atomic mass is 32.1. The van der Waals surface area contributed by atoms with E-state index < -0.39 is 0 Å². The van der Waals surface area contributed by atoms with E-state index in [4.69, 9.17) is 4.74 Å². The zero-order valence-electron chi connectivity index (χ0n) is 11.5. The molecule has 0 bridgehead atoms. The molecular weight excluding hydrogens is 272 g/mol. The maximum Gasteiger partial charge on any atom is 0.190 e. The molecule has 0 aliphatic heterocycles. The van der Waals surface area contributed by atoms with Crippen molar-refractivity contribution in [3.63, 3.8) is 0 Å². The van der Waals surface area contributed by atoms with Crippen molar-refractivity contribution >= 4 is 22.3 Å². The van der Waals surface area contributed by atoms with E-state index in [1.54, 1.807) is 0 Å². The van der Waals surface area contributed by atoms with E-state index >= 15 is 0 Å². The summed E-state index contributed by atoms with van der Waals surface area (Å²) in [7, 11) is 0. The zero-order chi connectivity index (χ0) is 14.5. The second kappa shape index (κ2) is 6.34. The quantitative estimate of drug-likeness (QED) is 0.649. The van der Waals surface area contributed by atoms with Gasteiger partial charge in [-0.25, -0.2) is 4.98 Å². The van der Waals surface area contributed by atoms with Crippen LogP contribution in [0.25, 0.3) is 0 Å². The van der Waals surface area contributed by atoms with Gasteiger partial charge in [0.2, 0.25) is 0 Å². The van der Waals surface area contributed by atoms with Crippen molar-refractivity contribution in [1.82, 2.24) is 4.98 Å². The Balaban J connectivity index is 1.92. The lowest BCUT2D eigenvalue weighted by Gasteiger charge is -2.09. The molecule has 2 aromatic rings. The Morgan fingerprint density at radius 1 is 1.40 bits per heavy atom. The summed E-state index contributed by atoms with van der Waals surface area (Å²) in [6.45, 7) is 7.58. The number of hydrogen-bond acceptors (Lipinski definition) is 5. The fourth-order valence-electron chi connectivity index (χ4n) is 1.68. The number of carbonyl (C=O) groups is 1. The molecule has 2 rings (SSSR count). The summed E-state index contributed by atoms with van der Waals surface area (Å²) in [4.78, 5) is 16.3. The third-order valence-electron chi connectivity index (χ3n) is 2.62. The predicted molar refractivity (Wildman–Crippen MR) is 80.8 cm³/mol. The zero-order valence-corrected chi connectivity index (χ0v) is 12.3. The number of hydrogen-bond donors (Lipinski definition) is 1. The van der Waals surface area contributed by atoms with Gasteiger partial charge in [-0.05, 0) is 19.1 Å². The summed E-state index contributed by atoms with van der Waals surface area (Å²) in [5, 5.41) is 3.58. The van der Waals surface area contributed by atoms with Crippen LogP contribution in [0.5, 0.6) is 0 Å². The van der Waals surface area contributed by atoms with Crippen molar-refractivity contribution in [3.05, 3.63) is 58.9 Å². The summed E-state index contributed by atoms with van der Waals surface area (Å²) in [6.07, 6.45) is 0. The van der Waals surface area contributed by atoms with Crippen molar-refractivity contribution in [3.8, 4) is 0 Å². The van der Waals surface area contributed by atoms with Gasteiger partial charge in [0.05, 0.1) is 10.6 Å². The number of aryl methyl sites for hydroxylation is 1. The summed E-state index contributed by atoms with van der Waals surface area (Å²) in [5.74, 6) is 0.432. The number of ketones is 1. The Kier molecular flexibility index (Phi) is 4.53. The molecule has 0 aliphatic rings. The van der Waals surface area contributed by atoms with Crippen molar-refractivity contribution < 1.29 is 9.53 Å². The first kappa shape index (κ1) is 14.3. The first-order valence-corrected chi connectivity index (χ1v) is 6.99. The molecule has 0 spiro atoms. The molecule has 1 heterocycles. The third kappa shape index (κ3) is 3.68. The molecular formula is C15H16N2O2S. The molecule has 20 heavy (non-hydrogen) atoms.